The summed E-state index contributed by atoms with van der Waals surface area (Å²) >= 11 is 0. The molecule has 3 fully saturated rings. The standard InChI is InChI=1S/C27H46O5/c1-6-7-8-9-10-11-12-13-14-23(28)31-21-17-18-27(19-30-27)25(24(21)29-5)26(4)22(32-26)16-15-20(2)3/h15,21-22,24-25H,6-14,16-19H2,1-5H3/t21-,22-,24-,25-,26+,27+/m1/s1. The highest BCUT2D eigenvalue weighted by Crippen LogP contribution is 2.59. The number of carbonyl (C=O) groups excluding carboxylic acids is 1. The molecule has 3 aliphatic rings. The predicted octanol–water partition coefficient (Wildman–Crippen LogP) is 6.14. The molecule has 5 nitrogen and oxygen atoms in total. The lowest BCUT2D eigenvalue weighted by Gasteiger charge is -2.42. The first-order valence-electron chi connectivity index (χ1n) is 13.0. The monoisotopic (exact) mass is 450 g/mol. The molecule has 3 rings (SSSR count). The van der Waals surface area contributed by atoms with Gasteiger partial charge in [0.1, 0.15) is 23.4 Å². The molecule has 2 heterocycles. The molecule has 1 spiro atoms. The van der Waals surface area contributed by atoms with Gasteiger partial charge in [-0.15, -0.1) is 0 Å². The molecule has 1 aliphatic carbocycles. The highest BCUT2D eigenvalue weighted by atomic mass is 16.6. The quantitative estimate of drug-likeness (QED) is 0.138. The van der Waals surface area contributed by atoms with Gasteiger partial charge in [0.15, 0.2) is 0 Å². The molecule has 0 unspecified atom stereocenters. The second kappa shape index (κ2) is 11.5. The van der Waals surface area contributed by atoms with Crippen LogP contribution in [0.5, 0.6) is 0 Å². The zero-order valence-corrected chi connectivity index (χ0v) is 21.1. The first-order chi connectivity index (χ1) is 15.4. The summed E-state index contributed by atoms with van der Waals surface area (Å²) in [6.45, 7) is 9.41. The zero-order valence-electron chi connectivity index (χ0n) is 21.1. The third-order valence-electron chi connectivity index (χ3n) is 7.75. The molecule has 184 valence electrons. The van der Waals surface area contributed by atoms with Crippen molar-refractivity contribution in [1.29, 1.82) is 0 Å². The van der Waals surface area contributed by atoms with Gasteiger partial charge in [-0.1, -0.05) is 63.5 Å². The molecule has 2 saturated heterocycles. The predicted molar refractivity (Wildman–Crippen MR) is 127 cm³/mol. The van der Waals surface area contributed by atoms with Crippen LogP contribution in [0.1, 0.15) is 105 Å². The van der Waals surface area contributed by atoms with Crippen molar-refractivity contribution in [2.75, 3.05) is 13.7 Å². The molecule has 0 N–H and O–H groups in total. The molecule has 0 amide bonds. The van der Waals surface area contributed by atoms with Crippen molar-refractivity contribution in [3.05, 3.63) is 11.6 Å². The fourth-order valence-corrected chi connectivity index (χ4v) is 5.70. The fourth-order valence-electron chi connectivity index (χ4n) is 5.70. The minimum Gasteiger partial charge on any atom is -0.460 e. The highest BCUT2D eigenvalue weighted by molar-refractivity contribution is 5.69. The minimum absolute atomic E-state index is 0.0857. The Morgan fingerprint density at radius 1 is 1.09 bits per heavy atom. The number of rotatable bonds is 14. The maximum atomic E-state index is 12.6. The van der Waals surface area contributed by atoms with Crippen molar-refractivity contribution in [1.82, 2.24) is 0 Å². The molecular formula is C27H46O5. The van der Waals surface area contributed by atoms with Crippen molar-refractivity contribution in [2.24, 2.45) is 5.92 Å². The molecule has 0 bridgehead atoms. The molecule has 1 saturated carbocycles. The smallest absolute Gasteiger partial charge is 0.306 e. The topological polar surface area (TPSA) is 60.6 Å². The van der Waals surface area contributed by atoms with Crippen molar-refractivity contribution >= 4 is 5.97 Å². The van der Waals surface area contributed by atoms with Crippen LogP contribution in [0.3, 0.4) is 0 Å². The number of allylic oxidation sites excluding steroid dienone is 1. The Bertz CT molecular complexity index is 636. The first kappa shape index (κ1) is 25.7. The summed E-state index contributed by atoms with van der Waals surface area (Å²) in [6, 6.07) is 0. The second-order valence-electron chi connectivity index (χ2n) is 10.6. The summed E-state index contributed by atoms with van der Waals surface area (Å²) in [5, 5.41) is 0. The van der Waals surface area contributed by atoms with E-state index in [4.69, 9.17) is 18.9 Å². The van der Waals surface area contributed by atoms with Gasteiger partial charge in [0.05, 0.1) is 18.6 Å². The number of methoxy groups -OCH3 is 1. The zero-order chi connectivity index (χ0) is 23.2. The van der Waals surface area contributed by atoms with Gasteiger partial charge in [-0.2, -0.15) is 0 Å². The van der Waals surface area contributed by atoms with Crippen LogP contribution in [-0.4, -0.2) is 49.2 Å². The molecular weight excluding hydrogens is 404 g/mol. The average molecular weight is 451 g/mol. The molecule has 0 aromatic rings. The van der Waals surface area contributed by atoms with Gasteiger partial charge in [0, 0.05) is 13.5 Å². The van der Waals surface area contributed by atoms with Gasteiger partial charge in [-0.3, -0.25) is 4.79 Å². The third-order valence-corrected chi connectivity index (χ3v) is 7.75. The summed E-state index contributed by atoms with van der Waals surface area (Å²) in [4.78, 5) is 12.6. The minimum atomic E-state index is -0.286. The highest BCUT2D eigenvalue weighted by Gasteiger charge is 2.72. The van der Waals surface area contributed by atoms with Crippen molar-refractivity contribution < 1.29 is 23.7 Å². The summed E-state index contributed by atoms with van der Waals surface area (Å²) < 4.78 is 24.2. The van der Waals surface area contributed by atoms with Crippen molar-refractivity contribution in [2.45, 2.75) is 134 Å². The van der Waals surface area contributed by atoms with E-state index in [1.165, 1.54) is 44.1 Å². The second-order valence-corrected chi connectivity index (χ2v) is 10.6. The lowest BCUT2D eigenvalue weighted by molar-refractivity contribution is -0.172. The van der Waals surface area contributed by atoms with E-state index in [1.807, 2.05) is 0 Å². The number of carbonyl (C=O) groups is 1. The van der Waals surface area contributed by atoms with Gasteiger partial charge < -0.3 is 18.9 Å². The number of esters is 1. The Kier molecular flexibility index (Phi) is 9.23. The third kappa shape index (κ3) is 6.36. The number of hydrogen-bond acceptors (Lipinski definition) is 5. The summed E-state index contributed by atoms with van der Waals surface area (Å²) in [7, 11) is 1.73. The van der Waals surface area contributed by atoms with Crippen LogP contribution in [0, 0.1) is 5.92 Å². The van der Waals surface area contributed by atoms with Crippen LogP contribution < -0.4 is 0 Å². The average Bonchev–Trinajstić information content (AvgIpc) is 3.67. The van der Waals surface area contributed by atoms with E-state index in [-0.39, 0.29) is 41.4 Å². The van der Waals surface area contributed by atoms with E-state index in [0.29, 0.717) is 6.42 Å². The van der Waals surface area contributed by atoms with E-state index >= 15 is 0 Å². The normalized spacial score (nSPS) is 35.5. The maximum absolute atomic E-state index is 12.6. The Balaban J connectivity index is 1.48. The van der Waals surface area contributed by atoms with E-state index in [1.54, 1.807) is 7.11 Å². The van der Waals surface area contributed by atoms with E-state index in [0.717, 1.165) is 38.7 Å². The van der Waals surface area contributed by atoms with Gasteiger partial charge in [-0.05, 0) is 46.5 Å². The molecule has 0 radical (unpaired) electrons. The number of ether oxygens (including phenoxy) is 4. The van der Waals surface area contributed by atoms with E-state index in [9.17, 15) is 4.79 Å². The van der Waals surface area contributed by atoms with Crippen LogP contribution >= 0.6 is 0 Å². The lowest BCUT2D eigenvalue weighted by atomic mass is 9.68. The molecule has 2 aliphatic heterocycles. The van der Waals surface area contributed by atoms with Crippen LogP contribution in [0.2, 0.25) is 0 Å². The first-order valence-corrected chi connectivity index (χ1v) is 13.0. The molecule has 6 atom stereocenters. The van der Waals surface area contributed by atoms with Gasteiger partial charge in [0.25, 0.3) is 0 Å². The molecule has 0 aromatic carbocycles. The summed E-state index contributed by atoms with van der Waals surface area (Å²) in [5.41, 5.74) is 0.849. The van der Waals surface area contributed by atoms with E-state index in [2.05, 4.69) is 33.8 Å². The number of unbranched alkanes of at least 4 members (excludes halogenated alkanes) is 7. The number of epoxide rings is 2. The SMILES string of the molecule is CCCCCCCCCCC(=O)O[C@@H]1CC[C@]2(CO2)[C@@H]([C@@]2(C)O[C@@H]2CC=C(C)C)[C@@H]1OC. The lowest BCUT2D eigenvalue weighted by Crippen LogP contribution is -2.55. The summed E-state index contributed by atoms with van der Waals surface area (Å²) in [6.07, 6.45) is 14.9. The van der Waals surface area contributed by atoms with Crippen molar-refractivity contribution in [3.63, 3.8) is 0 Å². The maximum Gasteiger partial charge on any atom is 0.306 e. The van der Waals surface area contributed by atoms with Crippen molar-refractivity contribution in [3.8, 4) is 0 Å². The summed E-state index contributed by atoms with van der Waals surface area (Å²) in [5.74, 6) is 0.00245. The van der Waals surface area contributed by atoms with Crippen LogP contribution in [0.4, 0.5) is 0 Å². The van der Waals surface area contributed by atoms with E-state index < -0.39 is 0 Å². The molecule has 0 aromatic heterocycles. The Labute approximate surface area is 195 Å². The van der Waals surface area contributed by atoms with Gasteiger partial charge in [0.2, 0.25) is 0 Å². The molecule has 32 heavy (non-hydrogen) atoms. The fraction of sp³-hybridized carbons (Fsp3) is 0.889. The Hall–Kier alpha value is -0.910. The van der Waals surface area contributed by atoms with Crippen LogP contribution in [0.15, 0.2) is 11.6 Å². The Morgan fingerprint density at radius 3 is 2.34 bits per heavy atom. The van der Waals surface area contributed by atoms with Gasteiger partial charge in [-0.25, -0.2) is 0 Å². The number of hydrogen-bond donors (Lipinski definition) is 0. The Morgan fingerprint density at radius 2 is 1.75 bits per heavy atom. The largest absolute Gasteiger partial charge is 0.460 e. The van der Waals surface area contributed by atoms with Crippen LogP contribution in [-0.2, 0) is 23.7 Å². The molecule has 5 heteroatoms. The van der Waals surface area contributed by atoms with Crippen LogP contribution in [0.25, 0.3) is 0 Å². The van der Waals surface area contributed by atoms with Gasteiger partial charge >= 0.3 is 5.97 Å².